The molecule has 1 fully saturated rings. The maximum absolute atomic E-state index is 12.0. The van der Waals surface area contributed by atoms with E-state index in [1.165, 1.54) is 0 Å². The normalized spacial score (nSPS) is 18.1. The van der Waals surface area contributed by atoms with Crippen LogP contribution in [0.5, 0.6) is 5.75 Å². The van der Waals surface area contributed by atoms with Gasteiger partial charge >= 0.3 is 5.97 Å². The fourth-order valence-electron chi connectivity index (χ4n) is 2.28. The van der Waals surface area contributed by atoms with Gasteiger partial charge in [0, 0.05) is 13.1 Å². The van der Waals surface area contributed by atoms with Crippen molar-refractivity contribution in [2.45, 2.75) is 20.3 Å². The Morgan fingerprint density at radius 1 is 1.40 bits per heavy atom. The van der Waals surface area contributed by atoms with Gasteiger partial charge in [-0.05, 0) is 37.5 Å². The van der Waals surface area contributed by atoms with Crippen molar-refractivity contribution in [1.82, 2.24) is 4.90 Å². The van der Waals surface area contributed by atoms with E-state index in [4.69, 9.17) is 9.84 Å². The third-order valence-corrected chi connectivity index (χ3v) is 3.58. The van der Waals surface area contributed by atoms with Gasteiger partial charge in [-0.15, -0.1) is 0 Å². The maximum atomic E-state index is 12.0. The second-order valence-corrected chi connectivity index (χ2v) is 5.22. The SMILES string of the molecule is Cc1ccc(C)c(OCC(=O)N2CC[C@H](C(=O)O)C2)c1. The molecule has 0 bridgehead atoms. The number of aryl methyl sites for hydroxylation is 2. The number of benzene rings is 1. The summed E-state index contributed by atoms with van der Waals surface area (Å²) < 4.78 is 5.55. The van der Waals surface area contributed by atoms with Crippen molar-refractivity contribution in [3.63, 3.8) is 0 Å². The highest BCUT2D eigenvalue weighted by Gasteiger charge is 2.30. The second-order valence-electron chi connectivity index (χ2n) is 5.22. The standard InChI is InChI=1S/C15H19NO4/c1-10-3-4-11(2)13(7-10)20-9-14(17)16-6-5-12(8-16)15(18)19/h3-4,7,12H,5-6,8-9H2,1-2H3,(H,18,19)/t12-/m0/s1. The van der Waals surface area contributed by atoms with E-state index in [9.17, 15) is 9.59 Å². The van der Waals surface area contributed by atoms with Crippen LogP contribution in [-0.2, 0) is 9.59 Å². The Labute approximate surface area is 118 Å². The minimum absolute atomic E-state index is 0.0450. The maximum Gasteiger partial charge on any atom is 0.308 e. The number of carbonyl (C=O) groups excluding carboxylic acids is 1. The molecule has 1 atom stereocenters. The number of ether oxygens (including phenoxy) is 1. The number of carboxylic acid groups (broad SMARTS) is 1. The van der Waals surface area contributed by atoms with Gasteiger partial charge in [0.05, 0.1) is 5.92 Å². The fourth-order valence-corrected chi connectivity index (χ4v) is 2.28. The van der Waals surface area contributed by atoms with Crippen LogP contribution in [0.15, 0.2) is 18.2 Å². The average molecular weight is 277 g/mol. The van der Waals surface area contributed by atoms with Crippen LogP contribution >= 0.6 is 0 Å². The molecule has 5 heteroatoms. The minimum atomic E-state index is -0.837. The summed E-state index contributed by atoms with van der Waals surface area (Å²) >= 11 is 0. The molecule has 0 unspecified atom stereocenters. The van der Waals surface area contributed by atoms with E-state index in [0.717, 1.165) is 11.1 Å². The van der Waals surface area contributed by atoms with Crippen LogP contribution in [0.25, 0.3) is 0 Å². The van der Waals surface area contributed by atoms with E-state index >= 15 is 0 Å². The molecule has 108 valence electrons. The number of rotatable bonds is 4. The number of hydrogen-bond acceptors (Lipinski definition) is 3. The largest absolute Gasteiger partial charge is 0.483 e. The Bertz CT molecular complexity index is 527. The van der Waals surface area contributed by atoms with Crippen molar-refractivity contribution in [2.75, 3.05) is 19.7 Å². The summed E-state index contributed by atoms with van der Waals surface area (Å²) in [5.41, 5.74) is 2.05. The van der Waals surface area contributed by atoms with Crippen LogP contribution in [0.2, 0.25) is 0 Å². The molecule has 1 aromatic rings. The van der Waals surface area contributed by atoms with Gasteiger partial charge < -0.3 is 14.7 Å². The van der Waals surface area contributed by atoms with Gasteiger partial charge in [0.2, 0.25) is 0 Å². The lowest BCUT2D eigenvalue weighted by molar-refractivity contribution is -0.141. The molecule has 2 rings (SSSR count). The van der Waals surface area contributed by atoms with E-state index in [1.807, 2.05) is 32.0 Å². The summed E-state index contributed by atoms with van der Waals surface area (Å²) in [6, 6.07) is 5.83. The Kier molecular flexibility index (Phi) is 4.27. The molecular weight excluding hydrogens is 258 g/mol. The van der Waals surface area contributed by atoms with Crippen molar-refractivity contribution in [3.8, 4) is 5.75 Å². The summed E-state index contributed by atoms with van der Waals surface area (Å²) in [7, 11) is 0. The molecule has 5 nitrogen and oxygen atoms in total. The number of likely N-dealkylation sites (tertiary alicyclic amines) is 1. The van der Waals surface area contributed by atoms with Gasteiger partial charge in [-0.3, -0.25) is 9.59 Å². The van der Waals surface area contributed by atoms with E-state index in [-0.39, 0.29) is 19.1 Å². The van der Waals surface area contributed by atoms with Crippen molar-refractivity contribution >= 4 is 11.9 Å². The molecule has 0 saturated carbocycles. The topological polar surface area (TPSA) is 66.8 Å². The Balaban J connectivity index is 1.90. The number of hydrogen-bond donors (Lipinski definition) is 1. The van der Waals surface area contributed by atoms with Crippen LogP contribution in [0.1, 0.15) is 17.5 Å². The molecule has 1 N–H and O–H groups in total. The zero-order valence-electron chi connectivity index (χ0n) is 11.8. The van der Waals surface area contributed by atoms with Crippen molar-refractivity contribution < 1.29 is 19.4 Å². The van der Waals surface area contributed by atoms with Gasteiger partial charge in [-0.1, -0.05) is 12.1 Å². The zero-order valence-corrected chi connectivity index (χ0v) is 11.8. The summed E-state index contributed by atoms with van der Waals surface area (Å²) in [5.74, 6) is -0.739. The predicted molar refractivity (Wildman–Crippen MR) is 73.7 cm³/mol. The highest BCUT2D eigenvalue weighted by molar-refractivity contribution is 5.80. The molecule has 0 radical (unpaired) electrons. The molecule has 20 heavy (non-hydrogen) atoms. The zero-order chi connectivity index (χ0) is 14.7. The van der Waals surface area contributed by atoms with Gasteiger partial charge in [0.1, 0.15) is 5.75 Å². The van der Waals surface area contributed by atoms with Crippen molar-refractivity contribution in [3.05, 3.63) is 29.3 Å². The Morgan fingerprint density at radius 3 is 2.80 bits per heavy atom. The minimum Gasteiger partial charge on any atom is -0.483 e. The summed E-state index contributed by atoms with van der Waals surface area (Å²) in [6.07, 6.45) is 0.518. The predicted octanol–water partition coefficient (Wildman–Crippen LogP) is 1.62. The van der Waals surface area contributed by atoms with E-state index in [2.05, 4.69) is 0 Å². The molecule has 1 aliphatic heterocycles. The van der Waals surface area contributed by atoms with Crippen molar-refractivity contribution in [1.29, 1.82) is 0 Å². The van der Waals surface area contributed by atoms with Gasteiger partial charge in [0.15, 0.2) is 6.61 Å². The Hall–Kier alpha value is -2.04. The van der Waals surface area contributed by atoms with E-state index < -0.39 is 11.9 Å². The quantitative estimate of drug-likeness (QED) is 0.908. The van der Waals surface area contributed by atoms with E-state index in [0.29, 0.717) is 18.7 Å². The summed E-state index contributed by atoms with van der Waals surface area (Å²) in [4.78, 5) is 24.4. The van der Waals surface area contributed by atoms with Crippen molar-refractivity contribution in [2.24, 2.45) is 5.92 Å². The lowest BCUT2D eigenvalue weighted by Gasteiger charge is -2.17. The van der Waals surface area contributed by atoms with Crippen LogP contribution in [0.4, 0.5) is 0 Å². The number of aliphatic carboxylic acids is 1. The molecule has 1 saturated heterocycles. The lowest BCUT2D eigenvalue weighted by Crippen LogP contribution is -2.33. The number of carboxylic acids is 1. The molecule has 1 amide bonds. The number of amides is 1. The molecule has 1 aromatic carbocycles. The molecule has 1 heterocycles. The van der Waals surface area contributed by atoms with Gasteiger partial charge in [-0.25, -0.2) is 0 Å². The fraction of sp³-hybridized carbons (Fsp3) is 0.467. The van der Waals surface area contributed by atoms with E-state index in [1.54, 1.807) is 4.90 Å². The number of nitrogens with zero attached hydrogens (tertiary/aromatic N) is 1. The molecule has 0 aromatic heterocycles. The first-order chi connectivity index (χ1) is 9.47. The van der Waals surface area contributed by atoms with Crippen LogP contribution in [-0.4, -0.2) is 41.6 Å². The third kappa shape index (κ3) is 3.29. The van der Waals surface area contributed by atoms with Crippen LogP contribution in [0, 0.1) is 19.8 Å². The summed E-state index contributed by atoms with van der Waals surface area (Å²) in [6.45, 7) is 4.62. The monoisotopic (exact) mass is 277 g/mol. The molecule has 0 aliphatic carbocycles. The highest BCUT2D eigenvalue weighted by Crippen LogP contribution is 2.20. The van der Waals surface area contributed by atoms with Gasteiger partial charge in [0.25, 0.3) is 5.91 Å². The Morgan fingerprint density at radius 2 is 2.15 bits per heavy atom. The van der Waals surface area contributed by atoms with Crippen LogP contribution < -0.4 is 4.74 Å². The number of carbonyl (C=O) groups is 2. The second kappa shape index (κ2) is 5.94. The molecule has 1 aliphatic rings. The third-order valence-electron chi connectivity index (χ3n) is 3.58. The first-order valence-corrected chi connectivity index (χ1v) is 6.68. The first-order valence-electron chi connectivity index (χ1n) is 6.68. The molecular formula is C15H19NO4. The highest BCUT2D eigenvalue weighted by atomic mass is 16.5. The first kappa shape index (κ1) is 14.4. The van der Waals surface area contributed by atoms with Gasteiger partial charge in [-0.2, -0.15) is 0 Å². The average Bonchev–Trinajstić information content (AvgIpc) is 2.89. The molecule has 0 spiro atoms. The van der Waals surface area contributed by atoms with Crippen LogP contribution in [0.3, 0.4) is 0 Å². The summed E-state index contributed by atoms with van der Waals surface area (Å²) in [5, 5.41) is 8.92. The lowest BCUT2D eigenvalue weighted by atomic mass is 10.1. The smallest absolute Gasteiger partial charge is 0.308 e.